The molecule has 2 aromatic rings. The highest BCUT2D eigenvalue weighted by atomic mass is 16.5. The van der Waals surface area contributed by atoms with Crippen LogP contribution in [0.2, 0.25) is 0 Å². The van der Waals surface area contributed by atoms with Crippen molar-refractivity contribution in [3.63, 3.8) is 0 Å². The number of aromatic nitrogens is 3. The lowest BCUT2D eigenvalue weighted by Gasteiger charge is -2.07. The summed E-state index contributed by atoms with van der Waals surface area (Å²) in [6.07, 6.45) is 8.08. The number of fused-ring (bicyclic) bond motifs is 1. The lowest BCUT2D eigenvalue weighted by atomic mass is 10.1. The number of nitrogens with two attached hydrogens (primary N) is 1. The molecule has 0 radical (unpaired) electrons. The molecule has 92 valence electrons. The van der Waals surface area contributed by atoms with E-state index in [4.69, 9.17) is 10.5 Å². The van der Waals surface area contributed by atoms with E-state index in [1.807, 2.05) is 12.2 Å². The number of hydrogen-bond donors (Lipinski definition) is 3. The zero-order valence-corrected chi connectivity index (χ0v) is 9.56. The fourth-order valence-electron chi connectivity index (χ4n) is 1.99. The quantitative estimate of drug-likeness (QED) is 0.729. The van der Waals surface area contributed by atoms with Gasteiger partial charge >= 0.3 is 0 Å². The fourth-order valence-corrected chi connectivity index (χ4v) is 1.99. The molecular formula is C12H12N4O2. The van der Waals surface area contributed by atoms with E-state index in [9.17, 15) is 4.79 Å². The Morgan fingerprint density at radius 1 is 1.50 bits per heavy atom. The standard InChI is InChI=1S/C12H12N4O2/c13-12-15-9-8(4-7-2-1-3-18-6-7)5-14-10(9)11(17)16-12/h1-2,5-6,14H,3-4H2,(H3,13,15,16,17). The van der Waals surface area contributed by atoms with Gasteiger partial charge in [-0.3, -0.25) is 9.78 Å². The Morgan fingerprint density at radius 3 is 3.17 bits per heavy atom. The summed E-state index contributed by atoms with van der Waals surface area (Å²) in [7, 11) is 0. The fraction of sp³-hybridized carbons (Fsp3) is 0.167. The first kappa shape index (κ1) is 10.6. The zero-order chi connectivity index (χ0) is 12.5. The van der Waals surface area contributed by atoms with Crippen molar-refractivity contribution < 1.29 is 4.74 Å². The van der Waals surface area contributed by atoms with Gasteiger partial charge in [-0.1, -0.05) is 6.08 Å². The van der Waals surface area contributed by atoms with E-state index in [0.29, 0.717) is 24.1 Å². The van der Waals surface area contributed by atoms with Gasteiger partial charge < -0.3 is 15.5 Å². The van der Waals surface area contributed by atoms with Crippen molar-refractivity contribution in [3.05, 3.63) is 46.1 Å². The molecule has 0 bridgehead atoms. The van der Waals surface area contributed by atoms with E-state index >= 15 is 0 Å². The molecule has 6 heteroatoms. The highest BCUT2D eigenvalue weighted by molar-refractivity contribution is 5.79. The topological polar surface area (TPSA) is 96.8 Å². The maximum absolute atomic E-state index is 11.6. The smallest absolute Gasteiger partial charge is 0.276 e. The Morgan fingerprint density at radius 2 is 2.39 bits per heavy atom. The summed E-state index contributed by atoms with van der Waals surface area (Å²) in [6, 6.07) is 0. The van der Waals surface area contributed by atoms with Gasteiger partial charge in [0, 0.05) is 18.2 Å². The summed E-state index contributed by atoms with van der Waals surface area (Å²) in [6.45, 7) is 0.599. The molecule has 0 saturated carbocycles. The first-order valence-corrected chi connectivity index (χ1v) is 5.57. The van der Waals surface area contributed by atoms with Crippen LogP contribution in [0.4, 0.5) is 5.95 Å². The van der Waals surface area contributed by atoms with Crippen LogP contribution in [0.3, 0.4) is 0 Å². The Balaban J connectivity index is 2.05. The van der Waals surface area contributed by atoms with Gasteiger partial charge in [-0.2, -0.15) is 0 Å². The minimum Gasteiger partial charge on any atom is -0.497 e. The number of nitrogens with zero attached hydrogens (tertiary/aromatic N) is 1. The highest BCUT2D eigenvalue weighted by Gasteiger charge is 2.11. The minimum absolute atomic E-state index is 0.123. The van der Waals surface area contributed by atoms with E-state index in [1.165, 1.54) is 0 Å². The Labute approximate surface area is 102 Å². The summed E-state index contributed by atoms with van der Waals surface area (Å²) in [5.41, 5.74) is 8.30. The first-order chi connectivity index (χ1) is 8.74. The van der Waals surface area contributed by atoms with Gasteiger partial charge in [-0.15, -0.1) is 0 Å². The van der Waals surface area contributed by atoms with Gasteiger partial charge in [0.1, 0.15) is 17.6 Å². The molecule has 4 N–H and O–H groups in total. The largest absolute Gasteiger partial charge is 0.497 e. The van der Waals surface area contributed by atoms with Crippen molar-refractivity contribution in [1.82, 2.24) is 15.0 Å². The van der Waals surface area contributed by atoms with Crippen LogP contribution in [-0.2, 0) is 11.2 Å². The number of aromatic amines is 2. The molecule has 0 fully saturated rings. The number of H-pyrrole nitrogens is 2. The zero-order valence-electron chi connectivity index (χ0n) is 9.56. The number of ether oxygens (including phenoxy) is 1. The van der Waals surface area contributed by atoms with E-state index in [-0.39, 0.29) is 11.5 Å². The molecule has 1 aliphatic heterocycles. The van der Waals surface area contributed by atoms with E-state index in [0.717, 1.165) is 11.1 Å². The number of rotatable bonds is 2. The Kier molecular flexibility index (Phi) is 2.40. The second kappa shape index (κ2) is 4.06. The molecule has 0 atom stereocenters. The Hall–Kier alpha value is -2.50. The normalized spacial score (nSPS) is 14.6. The summed E-state index contributed by atoms with van der Waals surface area (Å²) < 4.78 is 5.22. The predicted octanol–water partition coefficient (Wildman–Crippen LogP) is 0.846. The molecule has 1 aliphatic rings. The first-order valence-electron chi connectivity index (χ1n) is 5.57. The van der Waals surface area contributed by atoms with Gasteiger partial charge in [-0.25, -0.2) is 4.98 Å². The number of anilines is 1. The molecule has 0 aliphatic carbocycles. The summed E-state index contributed by atoms with van der Waals surface area (Å²) in [4.78, 5) is 21.2. The van der Waals surface area contributed by atoms with E-state index in [1.54, 1.807) is 12.5 Å². The van der Waals surface area contributed by atoms with Gasteiger partial charge in [0.2, 0.25) is 5.95 Å². The summed E-state index contributed by atoms with van der Waals surface area (Å²) >= 11 is 0. The van der Waals surface area contributed by atoms with Crippen LogP contribution in [0.5, 0.6) is 0 Å². The van der Waals surface area contributed by atoms with Crippen LogP contribution >= 0.6 is 0 Å². The van der Waals surface area contributed by atoms with Crippen LogP contribution < -0.4 is 11.3 Å². The third-order valence-corrected chi connectivity index (χ3v) is 2.79. The van der Waals surface area contributed by atoms with Crippen molar-refractivity contribution in [2.24, 2.45) is 0 Å². The predicted molar refractivity (Wildman–Crippen MR) is 68.0 cm³/mol. The van der Waals surface area contributed by atoms with Crippen molar-refractivity contribution >= 4 is 17.0 Å². The molecule has 0 amide bonds. The van der Waals surface area contributed by atoms with Crippen LogP contribution in [-0.4, -0.2) is 21.6 Å². The Bertz CT molecular complexity index is 708. The van der Waals surface area contributed by atoms with Crippen molar-refractivity contribution in [3.8, 4) is 0 Å². The molecule has 0 aromatic carbocycles. The molecule has 2 aromatic heterocycles. The van der Waals surface area contributed by atoms with Crippen LogP contribution in [0.1, 0.15) is 5.56 Å². The van der Waals surface area contributed by atoms with Crippen LogP contribution in [0, 0.1) is 0 Å². The van der Waals surface area contributed by atoms with Crippen molar-refractivity contribution in [1.29, 1.82) is 0 Å². The van der Waals surface area contributed by atoms with Gasteiger partial charge in [0.05, 0.1) is 6.26 Å². The van der Waals surface area contributed by atoms with Crippen molar-refractivity contribution in [2.75, 3.05) is 12.3 Å². The molecule has 18 heavy (non-hydrogen) atoms. The summed E-state index contributed by atoms with van der Waals surface area (Å²) in [5.74, 6) is 0.123. The molecule has 0 spiro atoms. The minimum atomic E-state index is -0.256. The number of nitrogen functional groups attached to an aromatic ring is 1. The summed E-state index contributed by atoms with van der Waals surface area (Å²) in [5, 5.41) is 0. The van der Waals surface area contributed by atoms with Gasteiger partial charge in [0.15, 0.2) is 0 Å². The molecule has 0 unspecified atom stereocenters. The molecule has 3 heterocycles. The lowest BCUT2D eigenvalue weighted by molar-refractivity contribution is 0.282. The molecule has 6 nitrogen and oxygen atoms in total. The number of nitrogens with one attached hydrogen (secondary N) is 2. The average Bonchev–Trinajstić information content (AvgIpc) is 2.74. The highest BCUT2D eigenvalue weighted by Crippen LogP contribution is 2.18. The second-order valence-electron chi connectivity index (χ2n) is 4.09. The maximum atomic E-state index is 11.6. The number of allylic oxidation sites excluding steroid dienone is 2. The molecule has 0 saturated heterocycles. The SMILES string of the molecule is Nc1nc2c(CC3=COCC=C3)c[nH]c2c(=O)[nH]1. The van der Waals surface area contributed by atoms with Gasteiger partial charge in [0.25, 0.3) is 5.56 Å². The van der Waals surface area contributed by atoms with E-state index in [2.05, 4.69) is 15.0 Å². The van der Waals surface area contributed by atoms with E-state index < -0.39 is 0 Å². The monoisotopic (exact) mass is 244 g/mol. The lowest BCUT2D eigenvalue weighted by Crippen LogP contribution is -2.11. The maximum Gasteiger partial charge on any atom is 0.276 e. The molecular weight excluding hydrogens is 232 g/mol. The van der Waals surface area contributed by atoms with Crippen LogP contribution in [0.15, 0.2) is 35.0 Å². The third kappa shape index (κ3) is 1.77. The van der Waals surface area contributed by atoms with Crippen molar-refractivity contribution in [2.45, 2.75) is 6.42 Å². The second-order valence-corrected chi connectivity index (χ2v) is 4.09. The van der Waals surface area contributed by atoms with Crippen LogP contribution in [0.25, 0.3) is 11.0 Å². The average molecular weight is 244 g/mol. The number of hydrogen-bond acceptors (Lipinski definition) is 4. The third-order valence-electron chi connectivity index (χ3n) is 2.79. The van der Waals surface area contributed by atoms with Gasteiger partial charge in [-0.05, 0) is 11.6 Å². The molecule has 3 rings (SSSR count).